The zero-order valence-corrected chi connectivity index (χ0v) is 23.8. The summed E-state index contributed by atoms with van der Waals surface area (Å²) in [4.78, 5) is 24.5. The van der Waals surface area contributed by atoms with Gasteiger partial charge in [-0.1, -0.05) is 24.3 Å². The Morgan fingerprint density at radius 2 is 1.79 bits per heavy atom. The minimum atomic E-state index is -0.152. The van der Waals surface area contributed by atoms with Gasteiger partial charge >= 0.3 is 0 Å². The maximum Gasteiger partial charge on any atom is 0.226 e. The van der Waals surface area contributed by atoms with Gasteiger partial charge in [0.05, 0.1) is 17.8 Å². The van der Waals surface area contributed by atoms with Crippen molar-refractivity contribution in [1.29, 1.82) is 0 Å². The Kier molecular flexibility index (Phi) is 7.48. The number of anilines is 1. The molecule has 1 amide bonds. The van der Waals surface area contributed by atoms with E-state index in [1.165, 1.54) is 0 Å². The Hall–Kier alpha value is -4.04. The average molecular weight is 539 g/mol. The van der Waals surface area contributed by atoms with Crippen LogP contribution in [0.2, 0.25) is 0 Å². The molecule has 1 fully saturated rings. The van der Waals surface area contributed by atoms with Gasteiger partial charge in [0.2, 0.25) is 5.91 Å². The Bertz CT molecular complexity index is 1510. The average Bonchev–Trinajstić information content (AvgIpc) is 3.40. The maximum absolute atomic E-state index is 13.0. The number of hydrogen-bond donors (Lipinski definition) is 2. The predicted molar refractivity (Wildman–Crippen MR) is 159 cm³/mol. The molecular formula is C31H34N6OS. The molecule has 1 aliphatic rings. The van der Waals surface area contributed by atoms with Crippen LogP contribution in [0, 0.1) is 34.6 Å². The number of hydrogen-bond acceptors (Lipinski definition) is 4. The van der Waals surface area contributed by atoms with Crippen LogP contribution in [0.1, 0.15) is 57.8 Å². The van der Waals surface area contributed by atoms with Crippen molar-refractivity contribution in [2.45, 2.75) is 53.1 Å². The molecule has 39 heavy (non-hydrogen) atoms. The van der Waals surface area contributed by atoms with E-state index in [1.54, 1.807) is 6.20 Å². The number of rotatable bonds is 7. The van der Waals surface area contributed by atoms with Crippen molar-refractivity contribution >= 4 is 28.9 Å². The third-order valence-corrected chi connectivity index (χ3v) is 7.71. The minimum absolute atomic E-state index is 0.0409. The molecular weight excluding hydrogens is 504 g/mol. The highest BCUT2D eigenvalue weighted by Gasteiger charge is 2.41. The van der Waals surface area contributed by atoms with Gasteiger partial charge in [-0.3, -0.25) is 9.78 Å². The lowest BCUT2D eigenvalue weighted by Gasteiger charge is -2.28. The number of nitrogens with one attached hydrogen (secondary N) is 2. The monoisotopic (exact) mass is 538 g/mol. The van der Waals surface area contributed by atoms with Crippen LogP contribution in [-0.2, 0) is 4.79 Å². The van der Waals surface area contributed by atoms with E-state index < -0.39 is 0 Å². The molecule has 7 nitrogen and oxygen atoms in total. The fraction of sp³-hybridized carbons (Fsp3) is 0.290. The van der Waals surface area contributed by atoms with Crippen molar-refractivity contribution in [1.82, 2.24) is 24.8 Å². The molecule has 0 bridgehead atoms. The standard InChI is InChI=1S/C31H34N6OS/c1-19-9-11-21(3)26(16-19)34-28(38)13-15-36-30(29(35-31(36)39)25-8-6-7-14-32-25)24-17-22(4)37(23(24)5)27-12-10-20(2)18-33-27/h6-12,14,16-18,29-30H,13,15H2,1-5H3,(H,34,38)(H,35,39)/t29-,30+/m1/s1. The highest BCUT2D eigenvalue weighted by atomic mass is 32.1. The molecule has 1 aliphatic heterocycles. The molecule has 1 aromatic carbocycles. The SMILES string of the molecule is Cc1ccc(-n2c(C)cc([C@H]3[C@@H](c4ccccn4)NC(=S)N3CCC(=O)Nc3cc(C)ccc3C)c2C)nc1. The second kappa shape index (κ2) is 11.0. The summed E-state index contributed by atoms with van der Waals surface area (Å²) < 4.78 is 2.18. The number of aryl methyl sites for hydroxylation is 4. The van der Waals surface area contributed by atoms with Crippen LogP contribution in [0.25, 0.3) is 5.82 Å². The number of thiocarbonyl (C=S) groups is 1. The summed E-state index contributed by atoms with van der Waals surface area (Å²) in [6, 6.07) is 18.0. The third kappa shape index (κ3) is 5.43. The number of amides is 1. The van der Waals surface area contributed by atoms with Gasteiger partial charge in [-0.25, -0.2) is 4.98 Å². The lowest BCUT2D eigenvalue weighted by molar-refractivity contribution is -0.116. The van der Waals surface area contributed by atoms with Gasteiger partial charge in [0, 0.05) is 42.4 Å². The molecule has 4 aromatic rings. The number of carbonyl (C=O) groups is 1. The van der Waals surface area contributed by atoms with Crippen molar-refractivity contribution in [3.63, 3.8) is 0 Å². The summed E-state index contributed by atoms with van der Waals surface area (Å²) in [6.07, 6.45) is 3.99. The molecule has 2 N–H and O–H groups in total. The second-order valence-corrected chi connectivity index (χ2v) is 10.7. The molecule has 4 heterocycles. The Balaban J connectivity index is 1.46. The van der Waals surface area contributed by atoms with E-state index in [4.69, 9.17) is 12.2 Å². The van der Waals surface area contributed by atoms with Crippen molar-refractivity contribution in [2.75, 3.05) is 11.9 Å². The highest BCUT2D eigenvalue weighted by Crippen LogP contribution is 2.41. The van der Waals surface area contributed by atoms with Crippen LogP contribution in [0.3, 0.4) is 0 Å². The third-order valence-electron chi connectivity index (χ3n) is 7.36. The lowest BCUT2D eigenvalue weighted by Crippen LogP contribution is -2.33. The molecule has 8 heteroatoms. The van der Waals surface area contributed by atoms with Crippen molar-refractivity contribution in [3.05, 3.63) is 106 Å². The molecule has 0 aliphatic carbocycles. The zero-order chi connectivity index (χ0) is 27.7. The van der Waals surface area contributed by atoms with Gasteiger partial charge in [0.1, 0.15) is 5.82 Å². The van der Waals surface area contributed by atoms with Gasteiger partial charge in [-0.15, -0.1) is 0 Å². The van der Waals surface area contributed by atoms with E-state index >= 15 is 0 Å². The van der Waals surface area contributed by atoms with E-state index in [2.05, 4.69) is 56.0 Å². The maximum atomic E-state index is 13.0. The minimum Gasteiger partial charge on any atom is -0.352 e. The molecule has 5 rings (SSSR count). The molecule has 0 radical (unpaired) electrons. The molecule has 3 aromatic heterocycles. The normalized spacial score (nSPS) is 16.8. The largest absolute Gasteiger partial charge is 0.352 e. The highest BCUT2D eigenvalue weighted by molar-refractivity contribution is 7.80. The van der Waals surface area contributed by atoms with Gasteiger partial charge in [-0.05, 0) is 99.4 Å². The smallest absolute Gasteiger partial charge is 0.226 e. The summed E-state index contributed by atoms with van der Waals surface area (Å²) in [5.74, 6) is 0.838. The van der Waals surface area contributed by atoms with Gasteiger partial charge in [-0.2, -0.15) is 0 Å². The van der Waals surface area contributed by atoms with Crippen LogP contribution in [0.5, 0.6) is 0 Å². The summed E-state index contributed by atoms with van der Waals surface area (Å²) in [5, 5.41) is 7.20. The van der Waals surface area contributed by atoms with Gasteiger partial charge < -0.3 is 20.1 Å². The summed E-state index contributed by atoms with van der Waals surface area (Å²) in [6.45, 7) is 10.7. The first-order valence-electron chi connectivity index (χ1n) is 13.2. The number of pyridine rings is 2. The first kappa shape index (κ1) is 26.6. The first-order valence-corrected chi connectivity index (χ1v) is 13.6. The molecule has 2 atom stereocenters. The number of benzene rings is 1. The Morgan fingerprint density at radius 3 is 2.51 bits per heavy atom. The van der Waals surface area contributed by atoms with Crippen LogP contribution in [-0.4, -0.2) is 37.0 Å². The number of carbonyl (C=O) groups excluding carboxylic acids is 1. The predicted octanol–water partition coefficient (Wildman–Crippen LogP) is 5.81. The fourth-order valence-corrected chi connectivity index (χ4v) is 5.65. The summed E-state index contributed by atoms with van der Waals surface area (Å²) in [5.41, 5.74) is 8.33. The van der Waals surface area contributed by atoms with E-state index in [0.717, 1.165) is 50.8 Å². The summed E-state index contributed by atoms with van der Waals surface area (Å²) >= 11 is 5.84. The number of nitrogens with zero attached hydrogens (tertiary/aromatic N) is 4. The Labute approximate surface area is 235 Å². The first-order chi connectivity index (χ1) is 18.7. The van der Waals surface area contributed by atoms with Crippen LogP contribution < -0.4 is 10.6 Å². The topological polar surface area (TPSA) is 75.1 Å². The molecule has 0 unspecified atom stereocenters. The van der Waals surface area contributed by atoms with Gasteiger partial charge in [0.15, 0.2) is 5.11 Å². The van der Waals surface area contributed by atoms with E-state index in [1.807, 2.05) is 69.4 Å². The van der Waals surface area contributed by atoms with E-state index in [0.29, 0.717) is 18.1 Å². The van der Waals surface area contributed by atoms with Crippen molar-refractivity contribution in [3.8, 4) is 5.82 Å². The van der Waals surface area contributed by atoms with Crippen LogP contribution in [0.4, 0.5) is 5.69 Å². The Morgan fingerprint density at radius 1 is 1.00 bits per heavy atom. The molecule has 1 saturated heterocycles. The molecule has 0 saturated carbocycles. The molecule has 0 spiro atoms. The molecule has 200 valence electrons. The lowest BCUT2D eigenvalue weighted by atomic mass is 9.96. The van der Waals surface area contributed by atoms with Gasteiger partial charge in [0.25, 0.3) is 0 Å². The van der Waals surface area contributed by atoms with E-state index in [-0.39, 0.29) is 18.0 Å². The number of aromatic nitrogens is 3. The second-order valence-electron chi connectivity index (χ2n) is 10.3. The summed E-state index contributed by atoms with van der Waals surface area (Å²) in [7, 11) is 0. The quantitative estimate of drug-likeness (QED) is 0.289. The van der Waals surface area contributed by atoms with Crippen LogP contribution >= 0.6 is 12.2 Å². The van der Waals surface area contributed by atoms with Crippen molar-refractivity contribution in [2.24, 2.45) is 0 Å². The van der Waals surface area contributed by atoms with E-state index in [9.17, 15) is 4.79 Å². The van der Waals surface area contributed by atoms with Crippen molar-refractivity contribution < 1.29 is 4.79 Å². The zero-order valence-electron chi connectivity index (χ0n) is 23.0. The van der Waals surface area contributed by atoms with Crippen LogP contribution in [0.15, 0.2) is 67.0 Å². The fourth-order valence-electron chi connectivity index (χ4n) is 5.32.